The first-order valence-corrected chi connectivity index (χ1v) is 8.57. The van der Waals surface area contributed by atoms with E-state index >= 15 is 0 Å². The van der Waals surface area contributed by atoms with Crippen molar-refractivity contribution in [1.29, 1.82) is 0 Å². The Morgan fingerprint density at radius 3 is 2.42 bits per heavy atom. The molecule has 0 bridgehead atoms. The quantitative estimate of drug-likeness (QED) is 0.444. The predicted molar refractivity (Wildman–Crippen MR) is 91.7 cm³/mol. The standard InChI is InChI=1S/C16H13Cl2F4NS/c1-9-4-13(19)14(6-15(9)24-8-16(20,21)22)23-7-10-2-3-11(17)12(18)5-10/h2-6,23H,7-8H2,1H3. The van der Waals surface area contributed by atoms with Gasteiger partial charge in [0, 0.05) is 11.4 Å². The predicted octanol–water partition coefficient (Wildman–Crippen LogP) is 6.71. The third-order valence-corrected chi connectivity index (χ3v) is 5.08. The van der Waals surface area contributed by atoms with Crippen molar-refractivity contribution < 1.29 is 17.6 Å². The van der Waals surface area contributed by atoms with E-state index in [1.165, 1.54) is 12.1 Å². The molecule has 24 heavy (non-hydrogen) atoms. The summed E-state index contributed by atoms with van der Waals surface area (Å²) >= 11 is 12.4. The van der Waals surface area contributed by atoms with E-state index in [1.54, 1.807) is 25.1 Å². The summed E-state index contributed by atoms with van der Waals surface area (Å²) in [4.78, 5) is 0.380. The molecule has 2 aromatic rings. The molecule has 1 nitrogen and oxygen atoms in total. The van der Waals surface area contributed by atoms with Crippen molar-refractivity contribution in [2.45, 2.75) is 24.5 Å². The van der Waals surface area contributed by atoms with Crippen molar-refractivity contribution in [2.24, 2.45) is 0 Å². The maximum atomic E-state index is 14.0. The lowest BCUT2D eigenvalue weighted by atomic mass is 10.2. The summed E-state index contributed by atoms with van der Waals surface area (Å²) in [5.74, 6) is -1.55. The molecule has 0 heterocycles. The molecule has 2 rings (SSSR count). The molecule has 1 N–H and O–H groups in total. The van der Waals surface area contributed by atoms with Crippen molar-refractivity contribution in [1.82, 2.24) is 0 Å². The summed E-state index contributed by atoms with van der Waals surface area (Å²) in [6.07, 6.45) is -4.28. The zero-order chi connectivity index (χ0) is 17.9. The van der Waals surface area contributed by atoms with Gasteiger partial charge in [-0.25, -0.2) is 4.39 Å². The van der Waals surface area contributed by atoms with E-state index in [9.17, 15) is 17.6 Å². The van der Waals surface area contributed by atoms with Crippen LogP contribution in [0.25, 0.3) is 0 Å². The summed E-state index contributed by atoms with van der Waals surface area (Å²) in [6, 6.07) is 7.60. The molecule has 0 aliphatic rings. The molecule has 0 atom stereocenters. The van der Waals surface area contributed by atoms with Crippen LogP contribution in [0, 0.1) is 12.7 Å². The molecule has 8 heteroatoms. The second-order valence-corrected chi connectivity index (χ2v) is 6.93. The fraction of sp³-hybridized carbons (Fsp3) is 0.250. The highest BCUT2D eigenvalue weighted by molar-refractivity contribution is 7.99. The van der Waals surface area contributed by atoms with Gasteiger partial charge < -0.3 is 5.32 Å². The largest absolute Gasteiger partial charge is 0.398 e. The van der Waals surface area contributed by atoms with Gasteiger partial charge in [0.15, 0.2) is 0 Å². The van der Waals surface area contributed by atoms with Gasteiger partial charge in [-0.15, -0.1) is 11.8 Å². The van der Waals surface area contributed by atoms with Crippen LogP contribution in [-0.2, 0) is 6.54 Å². The minimum Gasteiger partial charge on any atom is -0.379 e. The van der Waals surface area contributed by atoms with Crippen LogP contribution in [0.2, 0.25) is 10.0 Å². The average Bonchev–Trinajstić information content (AvgIpc) is 2.48. The molecular formula is C16H13Cl2F4NS. The normalized spacial score (nSPS) is 11.6. The Kier molecular flexibility index (Phi) is 6.28. The Hall–Kier alpha value is -1.11. The molecular weight excluding hydrogens is 385 g/mol. The molecule has 130 valence electrons. The molecule has 0 aliphatic carbocycles. The topological polar surface area (TPSA) is 12.0 Å². The number of hydrogen-bond acceptors (Lipinski definition) is 2. The third-order valence-electron chi connectivity index (χ3n) is 3.12. The van der Waals surface area contributed by atoms with E-state index < -0.39 is 17.7 Å². The van der Waals surface area contributed by atoms with E-state index in [-0.39, 0.29) is 12.2 Å². The van der Waals surface area contributed by atoms with Crippen LogP contribution >= 0.6 is 35.0 Å². The highest BCUT2D eigenvalue weighted by atomic mass is 35.5. The van der Waals surface area contributed by atoms with Crippen LogP contribution < -0.4 is 5.32 Å². The summed E-state index contributed by atoms with van der Waals surface area (Å²) < 4.78 is 51.1. The third kappa shape index (κ3) is 5.46. The van der Waals surface area contributed by atoms with E-state index in [2.05, 4.69) is 5.32 Å². The Bertz CT molecular complexity index is 735. The van der Waals surface area contributed by atoms with Gasteiger partial charge in [0.05, 0.1) is 21.5 Å². The fourth-order valence-electron chi connectivity index (χ4n) is 1.95. The van der Waals surface area contributed by atoms with Gasteiger partial charge in [0.2, 0.25) is 0 Å². The highest BCUT2D eigenvalue weighted by Gasteiger charge is 2.27. The molecule has 0 unspecified atom stereocenters. The zero-order valence-corrected chi connectivity index (χ0v) is 14.8. The van der Waals surface area contributed by atoms with Gasteiger partial charge in [-0.1, -0.05) is 29.3 Å². The van der Waals surface area contributed by atoms with Crippen molar-refractivity contribution in [3.8, 4) is 0 Å². The number of rotatable bonds is 5. The fourth-order valence-corrected chi connectivity index (χ4v) is 3.08. The van der Waals surface area contributed by atoms with Crippen molar-refractivity contribution >= 4 is 40.7 Å². The minimum atomic E-state index is -4.28. The van der Waals surface area contributed by atoms with Gasteiger partial charge in [-0.3, -0.25) is 0 Å². The Morgan fingerprint density at radius 1 is 1.08 bits per heavy atom. The van der Waals surface area contributed by atoms with Gasteiger partial charge in [-0.2, -0.15) is 13.2 Å². The van der Waals surface area contributed by atoms with Crippen LogP contribution in [0.3, 0.4) is 0 Å². The monoisotopic (exact) mass is 397 g/mol. The van der Waals surface area contributed by atoms with E-state index in [0.717, 1.165) is 5.56 Å². The highest BCUT2D eigenvalue weighted by Crippen LogP contribution is 2.32. The van der Waals surface area contributed by atoms with E-state index in [0.29, 0.717) is 32.3 Å². The summed E-state index contributed by atoms with van der Waals surface area (Å²) in [7, 11) is 0. The first kappa shape index (κ1) is 19.2. The average molecular weight is 398 g/mol. The minimum absolute atomic E-state index is 0.136. The van der Waals surface area contributed by atoms with Gasteiger partial charge in [-0.05, 0) is 42.3 Å². The number of hydrogen-bond donors (Lipinski definition) is 1. The molecule has 0 saturated carbocycles. The lowest BCUT2D eigenvalue weighted by molar-refractivity contribution is -0.105. The van der Waals surface area contributed by atoms with Gasteiger partial charge >= 0.3 is 6.18 Å². The Labute approximate surface area is 151 Å². The number of alkyl halides is 3. The summed E-state index contributed by atoms with van der Waals surface area (Å²) in [5.41, 5.74) is 1.37. The molecule has 0 radical (unpaired) electrons. The van der Waals surface area contributed by atoms with Crippen molar-refractivity contribution in [2.75, 3.05) is 11.1 Å². The molecule has 0 aromatic heterocycles. The molecule has 0 spiro atoms. The first-order valence-electron chi connectivity index (χ1n) is 6.83. The second-order valence-electron chi connectivity index (χ2n) is 5.10. The number of halogens is 6. The first-order chi connectivity index (χ1) is 11.2. The van der Waals surface area contributed by atoms with Crippen LogP contribution in [0.5, 0.6) is 0 Å². The number of nitrogens with one attached hydrogen (secondary N) is 1. The Morgan fingerprint density at radius 2 is 1.79 bits per heavy atom. The SMILES string of the molecule is Cc1cc(F)c(NCc2ccc(Cl)c(Cl)c2)cc1SCC(F)(F)F. The molecule has 0 aliphatic heterocycles. The lowest BCUT2D eigenvalue weighted by Gasteiger charge is -2.13. The van der Waals surface area contributed by atoms with Crippen molar-refractivity contribution in [3.05, 3.63) is 57.3 Å². The Balaban J connectivity index is 2.12. The maximum Gasteiger partial charge on any atom is 0.398 e. The number of thioether (sulfide) groups is 1. The maximum absolute atomic E-state index is 14.0. The van der Waals surface area contributed by atoms with Crippen molar-refractivity contribution in [3.63, 3.8) is 0 Å². The van der Waals surface area contributed by atoms with Gasteiger partial charge in [0.25, 0.3) is 0 Å². The van der Waals surface area contributed by atoms with Gasteiger partial charge in [0.1, 0.15) is 5.82 Å². The van der Waals surface area contributed by atoms with E-state index in [1.807, 2.05) is 0 Å². The number of aryl methyl sites for hydroxylation is 1. The number of anilines is 1. The van der Waals surface area contributed by atoms with Crippen LogP contribution in [0.1, 0.15) is 11.1 Å². The molecule has 2 aromatic carbocycles. The second kappa shape index (κ2) is 7.85. The van der Waals surface area contributed by atoms with E-state index in [4.69, 9.17) is 23.2 Å². The summed E-state index contributed by atoms with van der Waals surface area (Å²) in [6.45, 7) is 1.84. The van der Waals surface area contributed by atoms with Crippen LogP contribution in [0.4, 0.5) is 23.2 Å². The zero-order valence-electron chi connectivity index (χ0n) is 12.5. The molecule has 0 amide bonds. The lowest BCUT2D eigenvalue weighted by Crippen LogP contribution is -2.11. The van der Waals surface area contributed by atoms with Crippen LogP contribution in [-0.4, -0.2) is 11.9 Å². The molecule has 0 fully saturated rings. The molecule has 0 saturated heterocycles. The smallest absolute Gasteiger partial charge is 0.379 e. The number of benzene rings is 2. The van der Waals surface area contributed by atoms with Crippen LogP contribution in [0.15, 0.2) is 35.2 Å². The summed E-state index contributed by atoms with van der Waals surface area (Å²) in [5, 5.41) is 3.66.